The van der Waals surface area contributed by atoms with E-state index in [4.69, 9.17) is 13.0 Å². The predicted octanol–water partition coefficient (Wildman–Crippen LogP) is -0.411. The fraction of sp³-hybridized carbons (Fsp3) is 0.800. The van der Waals surface area contributed by atoms with Crippen LogP contribution in [0.5, 0.6) is 0 Å². The van der Waals surface area contributed by atoms with Crippen LogP contribution in [-0.2, 0) is 0 Å². The number of aliphatic hydroxyl groups excluding tert-OH is 1. The second-order valence-corrected chi connectivity index (χ2v) is 1.84. The summed E-state index contributed by atoms with van der Waals surface area (Å²) in [4.78, 5) is 11.6. The maximum atomic E-state index is 10.3. The van der Waals surface area contributed by atoms with E-state index in [1.165, 1.54) is 4.90 Å². The van der Waals surface area contributed by atoms with E-state index in [-0.39, 0.29) is 6.61 Å². The fourth-order valence-corrected chi connectivity index (χ4v) is 0.418. The summed E-state index contributed by atoms with van der Waals surface area (Å²) in [5, 5.41) is 8.32. The van der Waals surface area contributed by atoms with E-state index in [0.29, 0.717) is 13.0 Å². The van der Waals surface area contributed by atoms with Gasteiger partial charge >= 0.3 is 0 Å². The van der Waals surface area contributed by atoms with Crippen molar-refractivity contribution in [3.05, 3.63) is 0 Å². The monoisotopic (exact) mass is 127 g/mol. The number of hydrogen-bond acceptors (Lipinski definition) is 2. The van der Waals surface area contributed by atoms with E-state index in [2.05, 4.69) is 0 Å². The molecule has 9 heavy (non-hydrogen) atoms. The molecule has 0 atom stereocenters. The van der Waals surface area contributed by atoms with Gasteiger partial charge in [-0.05, 0) is 6.42 Å². The lowest BCUT2D eigenvalue weighted by Crippen LogP contribution is -2.26. The molecule has 0 aliphatic heterocycles. The quantitative estimate of drug-likeness (QED) is 0.523. The summed E-state index contributed by atoms with van der Waals surface area (Å²) in [5.41, 5.74) is 0. The van der Waals surface area contributed by atoms with Gasteiger partial charge in [-0.3, -0.25) is 4.79 Å². The molecule has 4 heteroatoms. The van der Waals surface area contributed by atoms with E-state index < -0.39 is 5.81 Å². The smallest absolute Gasteiger partial charge is 0.200 e. The van der Waals surface area contributed by atoms with Gasteiger partial charge in [0.2, 0.25) is 7.85 Å². The van der Waals surface area contributed by atoms with Crippen molar-refractivity contribution in [2.75, 3.05) is 20.2 Å². The minimum absolute atomic E-state index is 0.0949. The summed E-state index contributed by atoms with van der Waals surface area (Å²) >= 11 is 0. The van der Waals surface area contributed by atoms with Gasteiger partial charge in [0.15, 0.2) is 5.81 Å². The normalized spacial score (nSPS) is 9.11. The van der Waals surface area contributed by atoms with E-state index in [1.807, 2.05) is 0 Å². The van der Waals surface area contributed by atoms with Crippen LogP contribution in [0.2, 0.25) is 0 Å². The molecule has 1 amide bonds. The molecule has 50 valence electrons. The minimum atomic E-state index is -0.455. The molecule has 0 aromatic heterocycles. The maximum absolute atomic E-state index is 10.3. The predicted molar refractivity (Wildman–Crippen MR) is 35.5 cm³/mol. The zero-order chi connectivity index (χ0) is 7.28. The Morgan fingerprint density at radius 2 is 2.33 bits per heavy atom. The molecule has 0 fully saturated rings. The van der Waals surface area contributed by atoms with Gasteiger partial charge in [-0.15, -0.1) is 0 Å². The highest BCUT2D eigenvalue weighted by molar-refractivity contribution is 6.56. The van der Waals surface area contributed by atoms with Gasteiger partial charge < -0.3 is 10.0 Å². The molecule has 3 nitrogen and oxygen atoms in total. The first-order chi connectivity index (χ1) is 4.18. The Morgan fingerprint density at radius 3 is 2.67 bits per heavy atom. The molecule has 0 aliphatic carbocycles. The molecular formula is C5H10BNO2. The molecular weight excluding hydrogens is 117 g/mol. The highest BCUT2D eigenvalue weighted by Gasteiger charge is 1.97. The van der Waals surface area contributed by atoms with Crippen LogP contribution in [0.1, 0.15) is 6.42 Å². The molecule has 0 heterocycles. The van der Waals surface area contributed by atoms with Crippen LogP contribution in [0, 0.1) is 0 Å². The molecule has 0 aliphatic rings. The zero-order valence-corrected chi connectivity index (χ0v) is 5.50. The summed E-state index contributed by atoms with van der Waals surface area (Å²) in [7, 11) is 6.48. The van der Waals surface area contributed by atoms with Crippen LogP contribution in [0.4, 0.5) is 4.79 Å². The standard InChI is InChI=1S/C5H10BNO2/c1-7(5(6)9)3-2-4-8/h8H,2-4H2,1H3. The van der Waals surface area contributed by atoms with Gasteiger partial charge in [-0.25, -0.2) is 0 Å². The SMILES string of the molecule is [B]C(=O)N(C)CCCO. The Labute approximate surface area is 56.1 Å². The summed E-state index contributed by atoms with van der Waals surface area (Å²) in [6.45, 7) is 0.615. The molecule has 2 radical (unpaired) electrons. The summed E-state index contributed by atoms with van der Waals surface area (Å²) < 4.78 is 0. The van der Waals surface area contributed by atoms with Crippen molar-refractivity contribution < 1.29 is 9.90 Å². The van der Waals surface area contributed by atoms with Gasteiger partial charge in [0, 0.05) is 20.2 Å². The van der Waals surface area contributed by atoms with Crippen molar-refractivity contribution in [3.63, 3.8) is 0 Å². The van der Waals surface area contributed by atoms with Gasteiger partial charge in [0.25, 0.3) is 0 Å². The number of amides is 1. The molecule has 0 spiro atoms. The van der Waals surface area contributed by atoms with Gasteiger partial charge in [-0.2, -0.15) is 0 Å². The summed E-state index contributed by atoms with van der Waals surface area (Å²) in [6, 6.07) is 0. The van der Waals surface area contributed by atoms with Gasteiger partial charge in [0.1, 0.15) is 0 Å². The Bertz CT molecular complexity index is 97.0. The molecule has 0 rings (SSSR count). The highest BCUT2D eigenvalue weighted by atomic mass is 16.3. The Hall–Kier alpha value is -0.505. The van der Waals surface area contributed by atoms with Gasteiger partial charge in [-0.1, -0.05) is 0 Å². The van der Waals surface area contributed by atoms with Crippen molar-refractivity contribution in [2.45, 2.75) is 6.42 Å². The zero-order valence-electron chi connectivity index (χ0n) is 5.50. The van der Waals surface area contributed by atoms with Crippen LogP contribution in [0.15, 0.2) is 0 Å². The summed E-state index contributed by atoms with van der Waals surface area (Å²) in [5.74, 6) is -0.455. The molecule has 0 saturated heterocycles. The largest absolute Gasteiger partial charge is 0.396 e. The lowest BCUT2D eigenvalue weighted by molar-refractivity contribution is 0.222. The number of aliphatic hydroxyl groups is 1. The third kappa shape index (κ3) is 4.03. The van der Waals surface area contributed by atoms with E-state index in [0.717, 1.165) is 0 Å². The van der Waals surface area contributed by atoms with E-state index >= 15 is 0 Å². The molecule has 0 aromatic carbocycles. The van der Waals surface area contributed by atoms with Crippen molar-refractivity contribution in [2.24, 2.45) is 0 Å². The Kier molecular flexibility index (Phi) is 4.14. The molecule has 0 unspecified atom stereocenters. The molecule has 0 bridgehead atoms. The number of rotatable bonds is 3. The second-order valence-electron chi connectivity index (χ2n) is 1.84. The van der Waals surface area contributed by atoms with Crippen molar-refractivity contribution in [1.82, 2.24) is 4.90 Å². The average molecular weight is 127 g/mol. The topological polar surface area (TPSA) is 40.5 Å². The lowest BCUT2D eigenvalue weighted by atomic mass is 10.1. The maximum Gasteiger partial charge on any atom is 0.200 e. The van der Waals surface area contributed by atoms with Crippen molar-refractivity contribution in [3.8, 4) is 0 Å². The van der Waals surface area contributed by atoms with Crippen molar-refractivity contribution in [1.29, 1.82) is 0 Å². The van der Waals surface area contributed by atoms with Gasteiger partial charge in [0.05, 0.1) is 0 Å². The van der Waals surface area contributed by atoms with Crippen LogP contribution in [0.25, 0.3) is 0 Å². The Morgan fingerprint density at radius 1 is 1.78 bits per heavy atom. The van der Waals surface area contributed by atoms with Crippen LogP contribution in [0.3, 0.4) is 0 Å². The van der Waals surface area contributed by atoms with Crippen LogP contribution >= 0.6 is 0 Å². The number of nitrogens with zero attached hydrogens (tertiary/aromatic N) is 1. The minimum Gasteiger partial charge on any atom is -0.396 e. The second kappa shape index (κ2) is 4.38. The first-order valence-corrected chi connectivity index (χ1v) is 2.80. The molecule has 1 N–H and O–H groups in total. The first kappa shape index (κ1) is 8.49. The first-order valence-electron chi connectivity index (χ1n) is 2.80. The summed E-state index contributed by atoms with van der Waals surface area (Å²) in [6.07, 6.45) is 0.583. The van der Waals surface area contributed by atoms with E-state index in [9.17, 15) is 4.79 Å². The number of carbonyl (C=O) groups is 1. The fourth-order valence-electron chi connectivity index (χ4n) is 0.418. The Balaban J connectivity index is 3.27. The van der Waals surface area contributed by atoms with Crippen molar-refractivity contribution >= 4 is 13.7 Å². The molecule has 0 saturated carbocycles. The van der Waals surface area contributed by atoms with E-state index in [1.54, 1.807) is 7.05 Å². The van der Waals surface area contributed by atoms with Crippen LogP contribution in [-0.4, -0.2) is 43.9 Å². The average Bonchev–Trinajstić information content (AvgIpc) is 1.82. The molecule has 0 aromatic rings. The lowest BCUT2D eigenvalue weighted by Gasteiger charge is -2.13. The van der Waals surface area contributed by atoms with Crippen LogP contribution < -0.4 is 0 Å². The third-order valence-corrected chi connectivity index (χ3v) is 1.03. The number of carbonyl (C=O) groups excluding carboxylic acids is 1. The third-order valence-electron chi connectivity index (χ3n) is 1.03. The number of hydrogen-bond donors (Lipinski definition) is 1. The highest BCUT2D eigenvalue weighted by Crippen LogP contribution is 1.85.